The summed E-state index contributed by atoms with van der Waals surface area (Å²) in [5.74, 6) is 1.26. The molecule has 0 spiro atoms. The zero-order valence-electron chi connectivity index (χ0n) is 20.9. The lowest BCUT2D eigenvalue weighted by atomic mass is 9.65. The number of hydrogen-bond donors (Lipinski definition) is 3. The lowest BCUT2D eigenvalue weighted by Crippen LogP contribution is -2.45. The topological polar surface area (TPSA) is 99.1 Å². The van der Waals surface area contributed by atoms with E-state index in [1.54, 1.807) is 6.07 Å². The van der Waals surface area contributed by atoms with Crippen LogP contribution >= 0.6 is 0 Å². The van der Waals surface area contributed by atoms with Gasteiger partial charge in [0.05, 0.1) is 17.5 Å². The van der Waals surface area contributed by atoms with Gasteiger partial charge in [0.15, 0.2) is 6.29 Å². The number of hydrogen-bond acceptors (Lipinski definition) is 6. The van der Waals surface area contributed by atoms with Crippen LogP contribution < -0.4 is 14.4 Å². The summed E-state index contributed by atoms with van der Waals surface area (Å²) in [5.41, 5.74) is 1.34. The molecule has 0 aromatic heterocycles. The fourth-order valence-corrected chi connectivity index (χ4v) is 6.91. The highest BCUT2D eigenvalue weighted by Gasteiger charge is 2.41. The molecule has 7 nitrogen and oxygen atoms in total. The van der Waals surface area contributed by atoms with E-state index in [9.17, 15) is 19.2 Å². The van der Waals surface area contributed by atoms with E-state index in [0.717, 1.165) is 63.1 Å². The second kappa shape index (κ2) is 11.4. The van der Waals surface area contributed by atoms with Gasteiger partial charge < -0.3 is 19.8 Å². The third-order valence-electron chi connectivity index (χ3n) is 8.41. The number of allylic oxidation sites excluding steroid dienone is 1. The molecule has 194 valence electrons. The number of anilines is 1. The molecule has 1 aromatic rings. The zero-order valence-corrected chi connectivity index (χ0v) is 21.7. The van der Waals surface area contributed by atoms with Crippen molar-refractivity contribution in [1.82, 2.24) is 4.72 Å². The molecule has 4 rings (SSSR count). The van der Waals surface area contributed by atoms with Gasteiger partial charge in [-0.15, -0.1) is 6.58 Å². The fourth-order valence-electron chi connectivity index (χ4n) is 5.87. The van der Waals surface area contributed by atoms with E-state index < -0.39 is 17.3 Å². The molecule has 8 heteroatoms. The van der Waals surface area contributed by atoms with Gasteiger partial charge in [-0.2, -0.15) is 0 Å². The third-order valence-corrected chi connectivity index (χ3v) is 9.93. The lowest BCUT2D eigenvalue weighted by Gasteiger charge is -2.45. The summed E-state index contributed by atoms with van der Waals surface area (Å²) in [4.78, 5) is 15.3. The molecule has 1 amide bonds. The van der Waals surface area contributed by atoms with Crippen molar-refractivity contribution in [2.24, 2.45) is 29.6 Å². The summed E-state index contributed by atoms with van der Waals surface area (Å²) >= 11 is 0. The lowest BCUT2D eigenvalue weighted by molar-refractivity contribution is -0.124. The van der Waals surface area contributed by atoms with Crippen LogP contribution in [0.25, 0.3) is 0 Å². The molecule has 7 atom stereocenters. The average molecular weight is 505 g/mol. The second-order valence-electron chi connectivity index (χ2n) is 10.7. The summed E-state index contributed by atoms with van der Waals surface area (Å²) in [6.45, 7) is 9.98. The van der Waals surface area contributed by atoms with Crippen LogP contribution in [-0.4, -0.2) is 51.6 Å². The molecule has 2 aliphatic heterocycles. The van der Waals surface area contributed by atoms with Crippen molar-refractivity contribution in [1.29, 1.82) is 0 Å². The molecule has 2 heterocycles. The number of carbonyl (C=O) groups excluding carboxylic acids is 1. The SMILES string of the molecule is C=CCC1COc2ccc3cc2N(C1)CC1CCC1C(C(O)O)CCCC(C)C(C)S(=O)NC3=O. The monoisotopic (exact) mass is 504 g/mol. The van der Waals surface area contributed by atoms with Gasteiger partial charge in [0.1, 0.15) is 16.7 Å². The number of ether oxygens (including phenoxy) is 1. The van der Waals surface area contributed by atoms with Gasteiger partial charge >= 0.3 is 0 Å². The molecule has 1 aromatic carbocycles. The van der Waals surface area contributed by atoms with Crippen molar-refractivity contribution in [3.05, 3.63) is 36.4 Å². The number of fused-ring (bicyclic) bond motifs is 2. The third kappa shape index (κ3) is 5.92. The Labute approximate surface area is 211 Å². The first-order chi connectivity index (χ1) is 16.8. The molecular formula is C27H40N2O5S. The van der Waals surface area contributed by atoms with Crippen LogP contribution in [0.5, 0.6) is 5.75 Å². The number of aliphatic hydroxyl groups is 2. The summed E-state index contributed by atoms with van der Waals surface area (Å²) < 4.78 is 21.8. The van der Waals surface area contributed by atoms with Gasteiger partial charge in [-0.05, 0) is 75.0 Å². The first-order valence-corrected chi connectivity index (χ1v) is 14.2. The molecule has 2 bridgehead atoms. The number of amides is 1. The number of carbonyl (C=O) groups is 1. The zero-order chi connectivity index (χ0) is 25.1. The van der Waals surface area contributed by atoms with E-state index >= 15 is 0 Å². The average Bonchev–Trinajstić information content (AvgIpc) is 2.98. The summed E-state index contributed by atoms with van der Waals surface area (Å²) in [7, 11) is -1.51. The van der Waals surface area contributed by atoms with Gasteiger partial charge in [-0.25, -0.2) is 4.21 Å². The van der Waals surface area contributed by atoms with E-state index in [2.05, 4.69) is 16.2 Å². The Morgan fingerprint density at radius 3 is 2.71 bits per heavy atom. The van der Waals surface area contributed by atoms with E-state index in [1.165, 1.54) is 0 Å². The molecule has 7 unspecified atom stereocenters. The molecule has 0 saturated heterocycles. The van der Waals surface area contributed by atoms with Gasteiger partial charge in [-0.3, -0.25) is 9.52 Å². The minimum absolute atomic E-state index is 0.135. The number of nitrogens with zero attached hydrogens (tertiary/aromatic N) is 1. The van der Waals surface area contributed by atoms with Crippen LogP contribution in [0.15, 0.2) is 30.9 Å². The predicted molar refractivity (Wildman–Crippen MR) is 138 cm³/mol. The maximum Gasteiger partial charge on any atom is 0.263 e. The Morgan fingerprint density at radius 1 is 1.23 bits per heavy atom. The van der Waals surface area contributed by atoms with Crippen LogP contribution in [0.4, 0.5) is 5.69 Å². The molecular weight excluding hydrogens is 464 g/mol. The number of rotatable bonds is 3. The van der Waals surface area contributed by atoms with Crippen molar-refractivity contribution in [3.63, 3.8) is 0 Å². The highest BCUT2D eigenvalue weighted by atomic mass is 32.2. The van der Waals surface area contributed by atoms with E-state index in [1.807, 2.05) is 32.1 Å². The summed E-state index contributed by atoms with van der Waals surface area (Å²) in [6, 6.07) is 5.42. The number of aliphatic hydroxyl groups excluding tert-OH is 1. The first-order valence-electron chi connectivity index (χ1n) is 13.0. The van der Waals surface area contributed by atoms with Crippen LogP contribution in [-0.2, 0) is 11.0 Å². The minimum atomic E-state index is -1.51. The minimum Gasteiger partial charge on any atom is -0.491 e. The van der Waals surface area contributed by atoms with Crippen molar-refractivity contribution >= 4 is 22.6 Å². The summed E-state index contributed by atoms with van der Waals surface area (Å²) in [6.07, 6.45) is 5.87. The highest BCUT2D eigenvalue weighted by Crippen LogP contribution is 2.45. The van der Waals surface area contributed by atoms with Gasteiger partial charge in [0.25, 0.3) is 5.91 Å². The van der Waals surface area contributed by atoms with Gasteiger partial charge in [-0.1, -0.05) is 19.4 Å². The van der Waals surface area contributed by atoms with Gasteiger partial charge in [0.2, 0.25) is 0 Å². The molecule has 3 aliphatic rings. The standard InChI is InChI=1S/C27H40N2O5S/c1-4-6-19-14-29-15-21-9-11-22(21)23(27(31)32)8-5-7-17(2)18(3)35(33)28-26(30)20-10-12-25(34-16-19)24(29)13-20/h4,10,12-13,17-19,21-23,27,31-32H,1,5-9,11,14-16H2,2-3H3,(H,28,30). The number of nitrogens with one attached hydrogen (secondary N) is 1. The van der Waals surface area contributed by atoms with Crippen LogP contribution in [0, 0.1) is 29.6 Å². The Kier molecular flexibility index (Phi) is 8.55. The van der Waals surface area contributed by atoms with Gasteiger partial charge in [0, 0.05) is 30.5 Å². The molecule has 1 aliphatic carbocycles. The predicted octanol–water partition coefficient (Wildman–Crippen LogP) is 3.63. The molecule has 1 saturated carbocycles. The normalized spacial score (nSPS) is 34.1. The Hall–Kier alpha value is -1.90. The Bertz CT molecular complexity index is 938. The maximum absolute atomic E-state index is 13.0. The Balaban J connectivity index is 1.69. The fraction of sp³-hybridized carbons (Fsp3) is 0.667. The van der Waals surface area contributed by atoms with Crippen molar-refractivity contribution in [2.75, 3.05) is 24.6 Å². The van der Waals surface area contributed by atoms with Crippen LogP contribution in [0.3, 0.4) is 0 Å². The molecule has 3 N–H and O–H groups in total. The largest absolute Gasteiger partial charge is 0.491 e. The van der Waals surface area contributed by atoms with Crippen molar-refractivity contribution in [2.45, 2.75) is 63.9 Å². The Morgan fingerprint density at radius 2 is 2.03 bits per heavy atom. The molecule has 35 heavy (non-hydrogen) atoms. The van der Waals surface area contributed by atoms with Crippen molar-refractivity contribution in [3.8, 4) is 5.75 Å². The number of benzene rings is 1. The van der Waals surface area contributed by atoms with Crippen molar-refractivity contribution < 1.29 is 24.0 Å². The quantitative estimate of drug-likeness (QED) is 0.430. The second-order valence-corrected chi connectivity index (χ2v) is 12.3. The van der Waals surface area contributed by atoms with E-state index in [-0.39, 0.29) is 34.8 Å². The molecule has 1 fully saturated rings. The molecule has 0 radical (unpaired) electrons. The summed E-state index contributed by atoms with van der Waals surface area (Å²) in [5, 5.41) is 20.3. The highest BCUT2D eigenvalue weighted by molar-refractivity contribution is 7.84. The smallest absolute Gasteiger partial charge is 0.263 e. The van der Waals surface area contributed by atoms with Crippen LogP contribution in [0.2, 0.25) is 0 Å². The first kappa shape index (κ1) is 26.2. The maximum atomic E-state index is 13.0. The van der Waals surface area contributed by atoms with Crippen LogP contribution in [0.1, 0.15) is 62.7 Å². The van der Waals surface area contributed by atoms with E-state index in [0.29, 0.717) is 18.1 Å². The van der Waals surface area contributed by atoms with E-state index in [4.69, 9.17) is 4.74 Å².